The number of rotatable bonds is 6. The van der Waals surface area contributed by atoms with Gasteiger partial charge < -0.3 is 10.1 Å². The van der Waals surface area contributed by atoms with Crippen molar-refractivity contribution in [2.75, 3.05) is 38.6 Å². The molecule has 1 aromatic heterocycles. The molecular weight excluding hydrogens is 424 g/mol. The van der Waals surface area contributed by atoms with Crippen LogP contribution >= 0.6 is 15.9 Å². The van der Waals surface area contributed by atoms with Gasteiger partial charge in [0.15, 0.2) is 0 Å². The number of halogens is 1. The highest BCUT2D eigenvalue weighted by atomic mass is 79.9. The monoisotopic (exact) mass is 442 g/mol. The quantitative estimate of drug-likeness (QED) is 0.720. The number of amides is 1. The normalized spacial score (nSPS) is 15.7. The highest BCUT2D eigenvalue weighted by Crippen LogP contribution is 2.14. The molecule has 0 spiro atoms. The number of hydrogen-bond acceptors (Lipinski definition) is 5. The van der Waals surface area contributed by atoms with Gasteiger partial charge in [-0.1, -0.05) is 15.9 Å². The molecule has 140 valence electrons. The van der Waals surface area contributed by atoms with Crippen molar-refractivity contribution in [1.82, 2.24) is 19.4 Å². The Labute approximate surface area is 160 Å². The fourth-order valence-electron chi connectivity index (χ4n) is 2.52. The van der Waals surface area contributed by atoms with Crippen molar-refractivity contribution in [3.63, 3.8) is 0 Å². The van der Waals surface area contributed by atoms with Crippen molar-refractivity contribution in [3.8, 4) is 5.69 Å². The molecule has 10 heteroatoms. The lowest BCUT2D eigenvalue weighted by atomic mass is 10.3. The summed E-state index contributed by atoms with van der Waals surface area (Å²) in [5.74, 6) is -0.495. The Hall–Kier alpha value is -1.75. The van der Waals surface area contributed by atoms with E-state index in [9.17, 15) is 13.2 Å². The minimum absolute atomic E-state index is 0.0436. The van der Waals surface area contributed by atoms with Crippen LogP contribution in [0.5, 0.6) is 0 Å². The third kappa shape index (κ3) is 4.70. The first-order valence-corrected chi connectivity index (χ1v) is 10.5. The van der Waals surface area contributed by atoms with Crippen LogP contribution in [0, 0.1) is 0 Å². The zero-order valence-corrected chi connectivity index (χ0v) is 16.4. The maximum absolute atomic E-state index is 12.2. The fourth-order valence-corrected chi connectivity index (χ4v) is 4.11. The number of carbonyl (C=O) groups excluding carboxylic acids is 1. The van der Waals surface area contributed by atoms with Gasteiger partial charge in [-0.25, -0.2) is 13.1 Å². The molecule has 2 aromatic rings. The summed E-state index contributed by atoms with van der Waals surface area (Å²) in [6, 6.07) is 7.50. The van der Waals surface area contributed by atoms with Crippen molar-refractivity contribution in [2.45, 2.75) is 0 Å². The predicted molar refractivity (Wildman–Crippen MR) is 99.8 cm³/mol. The van der Waals surface area contributed by atoms with Crippen molar-refractivity contribution in [3.05, 3.63) is 46.7 Å². The van der Waals surface area contributed by atoms with Gasteiger partial charge in [0, 0.05) is 30.3 Å². The molecule has 1 aliphatic rings. The van der Waals surface area contributed by atoms with Gasteiger partial charge in [-0.2, -0.15) is 9.40 Å². The zero-order chi connectivity index (χ0) is 18.6. The lowest BCUT2D eigenvalue weighted by Crippen LogP contribution is -2.43. The SMILES string of the molecule is O=C(NCCS(=O)(=O)N1CCOCC1)c1cnn(-c2ccc(Br)cc2)c1. The molecule has 1 aromatic carbocycles. The predicted octanol–water partition coefficient (Wildman–Crippen LogP) is 1.03. The first-order chi connectivity index (χ1) is 12.5. The van der Waals surface area contributed by atoms with E-state index in [1.165, 1.54) is 10.5 Å². The minimum atomic E-state index is -3.39. The molecule has 26 heavy (non-hydrogen) atoms. The number of benzene rings is 1. The standard InChI is InChI=1S/C16H19BrN4O4S/c17-14-1-3-15(4-2-14)21-12-13(11-19-21)16(22)18-5-10-26(23,24)20-6-8-25-9-7-20/h1-4,11-12H,5-10H2,(H,18,22). The second kappa shape index (κ2) is 8.30. The topological polar surface area (TPSA) is 93.5 Å². The summed E-state index contributed by atoms with van der Waals surface area (Å²) < 4.78 is 33.5. The van der Waals surface area contributed by atoms with E-state index in [1.807, 2.05) is 24.3 Å². The molecule has 3 rings (SSSR count). The maximum atomic E-state index is 12.2. The fraction of sp³-hybridized carbons (Fsp3) is 0.375. The molecular formula is C16H19BrN4O4S. The molecule has 0 unspecified atom stereocenters. The molecule has 1 N–H and O–H groups in total. The maximum Gasteiger partial charge on any atom is 0.254 e. The summed E-state index contributed by atoms with van der Waals surface area (Å²) in [6.45, 7) is 1.57. The summed E-state index contributed by atoms with van der Waals surface area (Å²) in [4.78, 5) is 12.2. The third-order valence-corrected chi connectivity index (χ3v) is 6.35. The van der Waals surface area contributed by atoms with Gasteiger partial charge in [0.2, 0.25) is 10.0 Å². The molecule has 0 saturated carbocycles. The molecule has 1 fully saturated rings. The summed E-state index contributed by atoms with van der Waals surface area (Å²) in [5.41, 5.74) is 1.19. The minimum Gasteiger partial charge on any atom is -0.379 e. The van der Waals surface area contributed by atoms with Crippen LogP contribution in [0.4, 0.5) is 0 Å². The van der Waals surface area contributed by atoms with Gasteiger partial charge in [0.1, 0.15) is 0 Å². The zero-order valence-electron chi connectivity index (χ0n) is 14.0. The molecule has 0 aliphatic carbocycles. The van der Waals surface area contributed by atoms with E-state index >= 15 is 0 Å². The number of hydrogen-bond donors (Lipinski definition) is 1. The Balaban J connectivity index is 1.54. The highest BCUT2D eigenvalue weighted by Gasteiger charge is 2.24. The average Bonchev–Trinajstić information content (AvgIpc) is 3.13. The molecule has 0 atom stereocenters. The van der Waals surface area contributed by atoms with E-state index in [-0.39, 0.29) is 18.2 Å². The lowest BCUT2D eigenvalue weighted by molar-refractivity contribution is 0.0730. The lowest BCUT2D eigenvalue weighted by Gasteiger charge is -2.25. The van der Waals surface area contributed by atoms with Crippen LogP contribution in [-0.4, -0.2) is 67.0 Å². The van der Waals surface area contributed by atoms with E-state index in [4.69, 9.17) is 4.74 Å². The Morgan fingerprint density at radius 1 is 1.23 bits per heavy atom. The largest absolute Gasteiger partial charge is 0.379 e. The molecule has 0 bridgehead atoms. The van der Waals surface area contributed by atoms with Crippen LogP contribution in [0.25, 0.3) is 5.69 Å². The van der Waals surface area contributed by atoms with E-state index in [1.54, 1.807) is 10.9 Å². The Morgan fingerprint density at radius 2 is 1.92 bits per heavy atom. The molecule has 1 amide bonds. The van der Waals surface area contributed by atoms with Crippen molar-refractivity contribution in [1.29, 1.82) is 0 Å². The van der Waals surface area contributed by atoms with E-state index in [0.29, 0.717) is 31.9 Å². The van der Waals surface area contributed by atoms with E-state index < -0.39 is 10.0 Å². The number of carbonyl (C=O) groups is 1. The van der Waals surface area contributed by atoms with Crippen LogP contribution in [-0.2, 0) is 14.8 Å². The van der Waals surface area contributed by atoms with E-state index in [2.05, 4.69) is 26.3 Å². The van der Waals surface area contributed by atoms with Crippen molar-refractivity contribution in [2.24, 2.45) is 0 Å². The number of nitrogens with one attached hydrogen (secondary N) is 1. The van der Waals surface area contributed by atoms with Gasteiger partial charge in [-0.15, -0.1) is 0 Å². The second-order valence-electron chi connectivity index (χ2n) is 5.73. The first kappa shape index (κ1) is 19.0. The number of ether oxygens (including phenoxy) is 1. The van der Waals surface area contributed by atoms with Crippen molar-refractivity contribution >= 4 is 31.9 Å². The van der Waals surface area contributed by atoms with Gasteiger partial charge in [0.25, 0.3) is 5.91 Å². The summed E-state index contributed by atoms with van der Waals surface area (Å²) in [5, 5.41) is 6.80. The highest BCUT2D eigenvalue weighted by molar-refractivity contribution is 9.10. The summed E-state index contributed by atoms with van der Waals surface area (Å²) >= 11 is 3.37. The van der Waals surface area contributed by atoms with Crippen LogP contribution in [0.3, 0.4) is 0 Å². The summed E-state index contributed by atoms with van der Waals surface area (Å²) in [6.07, 6.45) is 3.06. The molecule has 8 nitrogen and oxygen atoms in total. The first-order valence-electron chi connectivity index (χ1n) is 8.10. The van der Waals surface area contributed by atoms with Gasteiger partial charge >= 0.3 is 0 Å². The van der Waals surface area contributed by atoms with Crippen LogP contribution < -0.4 is 5.32 Å². The third-order valence-electron chi connectivity index (χ3n) is 3.94. The van der Waals surface area contributed by atoms with Crippen molar-refractivity contribution < 1.29 is 17.9 Å². The van der Waals surface area contributed by atoms with Crippen LogP contribution in [0.15, 0.2) is 41.1 Å². The van der Waals surface area contributed by atoms with Crippen LogP contribution in [0.1, 0.15) is 10.4 Å². The molecule has 1 aliphatic heterocycles. The number of aromatic nitrogens is 2. The van der Waals surface area contributed by atoms with Gasteiger partial charge in [0.05, 0.1) is 36.4 Å². The average molecular weight is 443 g/mol. The number of morpholine rings is 1. The second-order valence-corrected chi connectivity index (χ2v) is 8.74. The van der Waals surface area contributed by atoms with E-state index in [0.717, 1.165) is 10.2 Å². The van der Waals surface area contributed by atoms with Gasteiger partial charge in [-0.05, 0) is 24.3 Å². The summed E-state index contributed by atoms with van der Waals surface area (Å²) in [7, 11) is -3.39. The Kier molecular flexibility index (Phi) is 6.07. The smallest absolute Gasteiger partial charge is 0.254 e. The Bertz CT molecular complexity index is 861. The molecule has 1 saturated heterocycles. The van der Waals surface area contributed by atoms with Gasteiger partial charge in [-0.3, -0.25) is 4.79 Å². The molecule has 2 heterocycles. The molecule has 0 radical (unpaired) electrons. The van der Waals surface area contributed by atoms with Crippen LogP contribution in [0.2, 0.25) is 0 Å². The number of nitrogens with zero attached hydrogens (tertiary/aromatic N) is 3. The number of sulfonamides is 1. The Morgan fingerprint density at radius 3 is 2.62 bits per heavy atom.